The van der Waals surface area contributed by atoms with Crippen LogP contribution in [0.4, 0.5) is 10.1 Å². The van der Waals surface area contributed by atoms with Crippen LogP contribution >= 0.6 is 12.2 Å². The maximum atomic E-state index is 13.8. The number of hydrogen-bond donors (Lipinski definition) is 0. The Morgan fingerprint density at radius 3 is 2.19 bits per heavy atom. The zero-order chi connectivity index (χ0) is 18.6. The minimum atomic E-state index is -0.460. The van der Waals surface area contributed by atoms with Crippen LogP contribution in [0.25, 0.3) is 0 Å². The molecular weight excluding hydrogens is 341 g/mol. The Morgan fingerprint density at radius 2 is 1.54 bits per heavy atom. The molecule has 0 heterocycles. The van der Waals surface area contributed by atoms with Crippen LogP contribution in [0.15, 0.2) is 47.5 Å². The van der Waals surface area contributed by atoms with Crippen LogP contribution in [0.2, 0.25) is 0 Å². The van der Waals surface area contributed by atoms with Gasteiger partial charge in [-0.3, -0.25) is 0 Å². The highest BCUT2D eigenvalue weighted by Gasteiger charge is 2.00. The molecule has 0 spiro atoms. The monoisotopic (exact) mass is 361 g/mol. The third-order valence-electron chi connectivity index (χ3n) is 3.74. The van der Waals surface area contributed by atoms with Gasteiger partial charge in [0, 0.05) is 23.1 Å². The Labute approximate surface area is 160 Å². The SMILES string of the molecule is CCCCCCC#Cc1ccc(C#Cc2ccc(N=C=S)c(F)c2)cc1. The van der Waals surface area contributed by atoms with E-state index in [1.165, 1.54) is 31.4 Å². The fraction of sp³-hybridized carbons (Fsp3) is 0.261. The van der Waals surface area contributed by atoms with Crippen LogP contribution in [0.3, 0.4) is 0 Å². The molecule has 130 valence electrons. The van der Waals surface area contributed by atoms with Gasteiger partial charge in [0.05, 0.1) is 5.16 Å². The van der Waals surface area contributed by atoms with E-state index < -0.39 is 5.82 Å². The number of thiocarbonyl (C=S) groups is 1. The van der Waals surface area contributed by atoms with Gasteiger partial charge in [-0.15, -0.1) is 0 Å². The number of nitrogens with zero attached hydrogens (tertiary/aromatic N) is 1. The smallest absolute Gasteiger partial charge is 0.150 e. The number of benzene rings is 2. The molecule has 0 unspecified atom stereocenters. The molecule has 0 atom stereocenters. The van der Waals surface area contributed by atoms with Crippen molar-refractivity contribution in [1.29, 1.82) is 0 Å². The Bertz CT molecular complexity index is 901. The van der Waals surface area contributed by atoms with Crippen molar-refractivity contribution >= 4 is 23.1 Å². The van der Waals surface area contributed by atoms with Crippen LogP contribution in [0, 0.1) is 29.5 Å². The largest absolute Gasteiger partial charge is 0.205 e. The molecule has 2 aromatic rings. The van der Waals surface area contributed by atoms with E-state index in [4.69, 9.17) is 0 Å². The van der Waals surface area contributed by atoms with Crippen molar-refractivity contribution in [3.8, 4) is 23.7 Å². The summed E-state index contributed by atoms with van der Waals surface area (Å²) in [5.74, 6) is 11.9. The van der Waals surface area contributed by atoms with Crippen LogP contribution in [-0.2, 0) is 0 Å². The van der Waals surface area contributed by atoms with E-state index in [1.54, 1.807) is 6.07 Å². The molecule has 1 nitrogen and oxygen atoms in total. The molecule has 0 aliphatic rings. The van der Waals surface area contributed by atoms with Crippen molar-refractivity contribution in [1.82, 2.24) is 0 Å². The minimum Gasteiger partial charge on any atom is -0.205 e. The van der Waals surface area contributed by atoms with Gasteiger partial charge in [-0.2, -0.15) is 4.99 Å². The van der Waals surface area contributed by atoms with E-state index in [9.17, 15) is 4.39 Å². The molecule has 0 saturated heterocycles. The molecule has 0 aromatic heterocycles. The maximum Gasteiger partial charge on any atom is 0.150 e. The second-order valence-corrected chi connectivity index (χ2v) is 5.99. The number of unbranched alkanes of at least 4 members (excludes halogenated alkanes) is 4. The highest BCUT2D eigenvalue weighted by atomic mass is 32.1. The Morgan fingerprint density at radius 1 is 0.885 bits per heavy atom. The number of rotatable bonds is 5. The maximum absolute atomic E-state index is 13.8. The summed E-state index contributed by atoms with van der Waals surface area (Å²) in [4.78, 5) is 3.65. The van der Waals surface area contributed by atoms with Gasteiger partial charge in [0.25, 0.3) is 0 Å². The zero-order valence-corrected chi connectivity index (χ0v) is 15.6. The molecule has 26 heavy (non-hydrogen) atoms. The van der Waals surface area contributed by atoms with Crippen LogP contribution < -0.4 is 0 Å². The molecule has 3 heteroatoms. The third-order valence-corrected chi connectivity index (χ3v) is 3.83. The van der Waals surface area contributed by atoms with Crippen molar-refractivity contribution in [2.75, 3.05) is 0 Å². The van der Waals surface area contributed by atoms with E-state index in [-0.39, 0.29) is 5.69 Å². The van der Waals surface area contributed by atoms with Gasteiger partial charge >= 0.3 is 0 Å². The normalized spacial score (nSPS) is 9.31. The fourth-order valence-corrected chi connectivity index (χ4v) is 2.41. The van der Waals surface area contributed by atoms with Gasteiger partial charge in [-0.25, -0.2) is 4.39 Å². The first kappa shape index (κ1) is 19.6. The van der Waals surface area contributed by atoms with Gasteiger partial charge in [0.2, 0.25) is 0 Å². The molecule has 0 amide bonds. The molecule has 0 radical (unpaired) electrons. The predicted octanol–water partition coefficient (Wildman–Crippen LogP) is 6.28. The van der Waals surface area contributed by atoms with Crippen molar-refractivity contribution in [3.63, 3.8) is 0 Å². The first-order chi connectivity index (χ1) is 12.7. The average molecular weight is 361 g/mol. The average Bonchev–Trinajstić information content (AvgIpc) is 2.66. The highest BCUT2D eigenvalue weighted by molar-refractivity contribution is 7.78. The van der Waals surface area contributed by atoms with Crippen molar-refractivity contribution in [2.24, 2.45) is 4.99 Å². The van der Waals surface area contributed by atoms with Crippen molar-refractivity contribution in [2.45, 2.75) is 39.0 Å². The lowest BCUT2D eigenvalue weighted by molar-refractivity contribution is 0.629. The quantitative estimate of drug-likeness (QED) is 0.264. The summed E-state index contributed by atoms with van der Waals surface area (Å²) in [5.41, 5.74) is 2.60. The molecule has 0 N–H and O–H groups in total. The summed E-state index contributed by atoms with van der Waals surface area (Å²) in [6, 6.07) is 12.4. The number of isothiocyanates is 1. The van der Waals surface area contributed by atoms with Gasteiger partial charge < -0.3 is 0 Å². The van der Waals surface area contributed by atoms with Crippen LogP contribution in [0.1, 0.15) is 55.7 Å². The predicted molar refractivity (Wildman–Crippen MR) is 109 cm³/mol. The van der Waals surface area contributed by atoms with Gasteiger partial charge in [-0.1, -0.05) is 49.9 Å². The molecular formula is C23H20FNS. The topological polar surface area (TPSA) is 12.4 Å². The lowest BCUT2D eigenvalue weighted by Gasteiger charge is -1.96. The summed E-state index contributed by atoms with van der Waals surface area (Å²) >= 11 is 4.48. The fourth-order valence-electron chi connectivity index (χ4n) is 2.31. The zero-order valence-electron chi connectivity index (χ0n) is 14.8. The van der Waals surface area contributed by atoms with Gasteiger partial charge in [-0.05, 0) is 61.1 Å². The first-order valence-corrected chi connectivity index (χ1v) is 9.12. The molecule has 0 aliphatic heterocycles. The van der Waals surface area contributed by atoms with Crippen molar-refractivity contribution in [3.05, 3.63) is 65.0 Å². The van der Waals surface area contributed by atoms with Crippen LogP contribution in [-0.4, -0.2) is 5.16 Å². The summed E-state index contributed by atoms with van der Waals surface area (Å²) in [7, 11) is 0. The summed E-state index contributed by atoms with van der Waals surface area (Å²) < 4.78 is 13.8. The van der Waals surface area contributed by atoms with E-state index in [0.717, 1.165) is 24.0 Å². The minimum absolute atomic E-state index is 0.170. The van der Waals surface area contributed by atoms with E-state index in [0.29, 0.717) is 5.56 Å². The number of aliphatic imine (C=N–C) groups is 1. The summed E-state index contributed by atoms with van der Waals surface area (Å²) in [5, 5.41) is 2.16. The molecule has 0 fully saturated rings. The lowest BCUT2D eigenvalue weighted by Crippen LogP contribution is -1.81. The molecule has 2 rings (SSSR count). The van der Waals surface area contributed by atoms with E-state index in [1.807, 2.05) is 24.3 Å². The van der Waals surface area contributed by atoms with E-state index >= 15 is 0 Å². The molecule has 0 bridgehead atoms. The summed E-state index contributed by atoms with van der Waals surface area (Å²) in [6.07, 6.45) is 5.88. The Kier molecular flexibility index (Phi) is 8.31. The first-order valence-electron chi connectivity index (χ1n) is 8.71. The standard InChI is InChI=1S/C23H20FNS/c1-2-3-4-5-6-7-8-19-9-11-20(12-10-19)13-14-21-15-16-23(25-18-26)22(24)17-21/h9-12,15-17H,2-6H2,1H3. The van der Waals surface area contributed by atoms with Crippen LogP contribution in [0.5, 0.6) is 0 Å². The van der Waals surface area contributed by atoms with E-state index in [2.05, 4.69) is 53.0 Å². The Balaban J connectivity index is 1.98. The lowest BCUT2D eigenvalue weighted by atomic mass is 10.1. The highest BCUT2D eigenvalue weighted by Crippen LogP contribution is 2.18. The third kappa shape index (κ3) is 6.66. The van der Waals surface area contributed by atoms with Gasteiger partial charge in [0.15, 0.2) is 5.82 Å². The number of halogens is 1. The second-order valence-electron chi connectivity index (χ2n) is 5.81. The molecule has 0 saturated carbocycles. The number of hydrogen-bond acceptors (Lipinski definition) is 2. The second kappa shape index (κ2) is 11.0. The van der Waals surface area contributed by atoms with Gasteiger partial charge in [0.1, 0.15) is 5.69 Å². The summed E-state index contributed by atoms with van der Waals surface area (Å²) in [6.45, 7) is 2.21. The Hall–Kier alpha value is -2.71. The van der Waals surface area contributed by atoms with Crippen molar-refractivity contribution < 1.29 is 4.39 Å². The molecule has 2 aromatic carbocycles. The molecule has 0 aliphatic carbocycles.